The topological polar surface area (TPSA) is 0 Å². The molecule has 0 nitrogen and oxygen atoms in total. The summed E-state index contributed by atoms with van der Waals surface area (Å²) in [6.07, 6.45) is 0.765. The Bertz CT molecular complexity index is 443. The molecule has 1 aromatic carbocycles. The van der Waals surface area contributed by atoms with E-state index in [1.165, 1.54) is 10.3 Å². The Morgan fingerprint density at radius 2 is 2.15 bits per heavy atom. The monoisotopic (exact) mass is 194 g/mol. The van der Waals surface area contributed by atoms with Crippen LogP contribution in [0.5, 0.6) is 0 Å². The molecule has 0 fully saturated rings. The molecule has 13 heavy (non-hydrogen) atoms. The van der Waals surface area contributed by atoms with Gasteiger partial charge in [0, 0.05) is 10.1 Å². The Hall–Kier alpha value is -0.890. The van der Waals surface area contributed by atoms with Crippen molar-refractivity contribution in [2.45, 2.75) is 20.3 Å². The first kappa shape index (κ1) is 8.70. The van der Waals surface area contributed by atoms with Gasteiger partial charge < -0.3 is 0 Å². The van der Waals surface area contributed by atoms with Crippen LogP contribution in [0.3, 0.4) is 0 Å². The van der Waals surface area contributed by atoms with Crippen molar-refractivity contribution in [3.63, 3.8) is 0 Å². The van der Waals surface area contributed by atoms with E-state index >= 15 is 0 Å². The fourth-order valence-corrected chi connectivity index (χ4v) is 2.66. The molecule has 0 N–H and O–H groups in total. The number of halogens is 1. The number of fused-ring (bicyclic) bond motifs is 1. The zero-order valence-electron chi connectivity index (χ0n) is 7.73. The molecule has 0 amide bonds. The summed E-state index contributed by atoms with van der Waals surface area (Å²) < 4.78 is 14.6. The van der Waals surface area contributed by atoms with Crippen LogP contribution >= 0.6 is 11.3 Å². The molecule has 68 valence electrons. The van der Waals surface area contributed by atoms with Crippen LogP contribution in [0.1, 0.15) is 18.1 Å². The van der Waals surface area contributed by atoms with Gasteiger partial charge in [-0.2, -0.15) is 0 Å². The lowest BCUT2D eigenvalue weighted by atomic mass is 10.0. The molecule has 2 aromatic rings. The van der Waals surface area contributed by atoms with Gasteiger partial charge in [-0.05, 0) is 42.0 Å². The highest BCUT2D eigenvalue weighted by atomic mass is 32.1. The highest BCUT2D eigenvalue weighted by molar-refractivity contribution is 7.17. The average Bonchev–Trinajstić information content (AvgIpc) is 2.49. The van der Waals surface area contributed by atoms with E-state index in [-0.39, 0.29) is 5.82 Å². The largest absolute Gasteiger partial charge is 0.207 e. The Kier molecular flexibility index (Phi) is 2.08. The first-order valence-corrected chi connectivity index (χ1v) is 5.27. The van der Waals surface area contributed by atoms with Crippen molar-refractivity contribution in [2.75, 3.05) is 0 Å². The van der Waals surface area contributed by atoms with Gasteiger partial charge in [-0.15, -0.1) is 11.3 Å². The van der Waals surface area contributed by atoms with Gasteiger partial charge in [0.2, 0.25) is 0 Å². The van der Waals surface area contributed by atoms with Crippen LogP contribution in [0.15, 0.2) is 17.5 Å². The first-order chi connectivity index (χ1) is 6.24. The van der Waals surface area contributed by atoms with E-state index in [1.807, 2.05) is 19.9 Å². The summed E-state index contributed by atoms with van der Waals surface area (Å²) >= 11 is 1.69. The van der Waals surface area contributed by atoms with Gasteiger partial charge >= 0.3 is 0 Å². The third-order valence-electron chi connectivity index (χ3n) is 2.33. The van der Waals surface area contributed by atoms with E-state index in [2.05, 4.69) is 5.38 Å². The van der Waals surface area contributed by atoms with E-state index in [9.17, 15) is 4.39 Å². The van der Waals surface area contributed by atoms with Crippen molar-refractivity contribution in [2.24, 2.45) is 0 Å². The van der Waals surface area contributed by atoms with Gasteiger partial charge in [-0.25, -0.2) is 4.39 Å². The molecule has 0 aliphatic carbocycles. The van der Waals surface area contributed by atoms with Crippen LogP contribution in [0.2, 0.25) is 0 Å². The SMILES string of the molecule is CCc1c(F)ccc2scc(C)c12. The molecule has 2 rings (SSSR count). The molecular weight excluding hydrogens is 183 g/mol. The second-order valence-corrected chi connectivity index (χ2v) is 4.08. The second-order valence-electron chi connectivity index (χ2n) is 3.17. The van der Waals surface area contributed by atoms with Gasteiger partial charge in [0.1, 0.15) is 5.82 Å². The zero-order chi connectivity index (χ0) is 9.42. The Balaban J connectivity index is 2.88. The quantitative estimate of drug-likeness (QED) is 0.645. The molecule has 2 heteroatoms. The summed E-state index contributed by atoms with van der Waals surface area (Å²) in [5.41, 5.74) is 2.05. The normalized spacial score (nSPS) is 11.0. The summed E-state index contributed by atoms with van der Waals surface area (Å²) in [7, 11) is 0. The van der Waals surface area contributed by atoms with Crippen molar-refractivity contribution in [1.82, 2.24) is 0 Å². The Morgan fingerprint density at radius 1 is 1.38 bits per heavy atom. The maximum Gasteiger partial charge on any atom is 0.127 e. The molecule has 0 bridgehead atoms. The lowest BCUT2D eigenvalue weighted by Gasteiger charge is -2.02. The third kappa shape index (κ3) is 1.25. The number of benzene rings is 1. The molecule has 0 saturated heterocycles. The lowest BCUT2D eigenvalue weighted by molar-refractivity contribution is 0.615. The average molecular weight is 194 g/mol. The smallest absolute Gasteiger partial charge is 0.127 e. The fourth-order valence-electron chi connectivity index (χ4n) is 1.69. The van der Waals surface area contributed by atoms with Crippen LogP contribution in [0.4, 0.5) is 4.39 Å². The number of rotatable bonds is 1. The van der Waals surface area contributed by atoms with Crippen molar-refractivity contribution in [1.29, 1.82) is 0 Å². The van der Waals surface area contributed by atoms with Crippen molar-refractivity contribution in [3.05, 3.63) is 34.5 Å². The van der Waals surface area contributed by atoms with Crippen molar-refractivity contribution < 1.29 is 4.39 Å². The van der Waals surface area contributed by atoms with Crippen LogP contribution in [0.25, 0.3) is 10.1 Å². The van der Waals surface area contributed by atoms with E-state index in [1.54, 1.807) is 17.4 Å². The van der Waals surface area contributed by atoms with E-state index in [0.717, 1.165) is 17.4 Å². The molecule has 0 aliphatic rings. The molecular formula is C11H11FS. The fraction of sp³-hybridized carbons (Fsp3) is 0.273. The summed E-state index contributed by atoms with van der Waals surface area (Å²) in [4.78, 5) is 0. The van der Waals surface area contributed by atoms with Crippen LogP contribution < -0.4 is 0 Å². The second kappa shape index (κ2) is 3.11. The zero-order valence-corrected chi connectivity index (χ0v) is 8.54. The third-order valence-corrected chi connectivity index (χ3v) is 3.39. The predicted octanol–water partition coefficient (Wildman–Crippen LogP) is 3.91. The van der Waals surface area contributed by atoms with Crippen LogP contribution in [-0.4, -0.2) is 0 Å². The van der Waals surface area contributed by atoms with E-state index < -0.39 is 0 Å². The first-order valence-electron chi connectivity index (χ1n) is 4.39. The summed E-state index contributed by atoms with van der Waals surface area (Å²) in [6.45, 7) is 4.03. The minimum absolute atomic E-state index is 0.0727. The number of aryl methyl sites for hydroxylation is 2. The van der Waals surface area contributed by atoms with Gasteiger partial charge in [0.25, 0.3) is 0 Å². The summed E-state index contributed by atoms with van der Waals surface area (Å²) in [6, 6.07) is 3.43. The van der Waals surface area contributed by atoms with E-state index in [0.29, 0.717) is 0 Å². The maximum atomic E-state index is 13.4. The van der Waals surface area contributed by atoms with Gasteiger partial charge in [-0.1, -0.05) is 6.92 Å². The molecule has 0 atom stereocenters. The summed E-state index contributed by atoms with van der Waals surface area (Å²) in [5, 5.41) is 3.20. The minimum atomic E-state index is -0.0727. The minimum Gasteiger partial charge on any atom is -0.207 e. The lowest BCUT2D eigenvalue weighted by Crippen LogP contribution is -1.88. The molecule has 0 radical (unpaired) electrons. The maximum absolute atomic E-state index is 13.4. The molecule has 1 aromatic heterocycles. The Morgan fingerprint density at radius 3 is 2.85 bits per heavy atom. The highest BCUT2D eigenvalue weighted by Gasteiger charge is 2.08. The van der Waals surface area contributed by atoms with E-state index in [4.69, 9.17) is 0 Å². The predicted molar refractivity (Wildman–Crippen MR) is 55.9 cm³/mol. The highest BCUT2D eigenvalue weighted by Crippen LogP contribution is 2.30. The molecule has 0 spiro atoms. The number of hydrogen-bond acceptors (Lipinski definition) is 1. The molecule has 0 aliphatic heterocycles. The number of thiophene rings is 1. The van der Waals surface area contributed by atoms with Gasteiger partial charge in [0.05, 0.1) is 0 Å². The molecule has 1 heterocycles. The van der Waals surface area contributed by atoms with Gasteiger partial charge in [-0.3, -0.25) is 0 Å². The van der Waals surface area contributed by atoms with Crippen LogP contribution in [-0.2, 0) is 6.42 Å². The molecule has 0 saturated carbocycles. The standard InChI is InChI=1S/C11H11FS/c1-3-8-9(12)4-5-10-11(8)7(2)6-13-10/h4-6H,3H2,1-2H3. The molecule has 0 unspecified atom stereocenters. The van der Waals surface area contributed by atoms with Crippen LogP contribution in [0, 0.1) is 12.7 Å². The number of hydrogen-bond donors (Lipinski definition) is 0. The van der Waals surface area contributed by atoms with Crippen molar-refractivity contribution in [3.8, 4) is 0 Å². The van der Waals surface area contributed by atoms with Crippen molar-refractivity contribution >= 4 is 21.4 Å². The van der Waals surface area contributed by atoms with Gasteiger partial charge in [0.15, 0.2) is 0 Å². The summed E-state index contributed by atoms with van der Waals surface area (Å²) in [5.74, 6) is -0.0727. The Labute approximate surface area is 81.0 Å².